The molecule has 0 aromatic heterocycles. The van der Waals surface area contributed by atoms with E-state index in [9.17, 15) is 26.2 Å². The summed E-state index contributed by atoms with van der Waals surface area (Å²) in [5, 5.41) is -1.08. The summed E-state index contributed by atoms with van der Waals surface area (Å²) in [6.07, 6.45) is 1.20. The molecule has 0 aliphatic carbocycles. The molecule has 2 aromatic carbocycles. The molecule has 0 radical (unpaired) electrons. The second kappa shape index (κ2) is 13.5. The molecule has 2 aromatic rings. The van der Waals surface area contributed by atoms with Crippen molar-refractivity contribution in [2.45, 2.75) is 74.4 Å². The molecule has 0 N–H and O–H groups in total. The molecular formula is C28H40F3N2O6PS2. The van der Waals surface area contributed by atoms with E-state index in [0.717, 1.165) is 11.2 Å². The minimum atomic E-state index is -4.19. The molecule has 1 aliphatic rings. The Bertz CT molecular complexity index is 1380. The van der Waals surface area contributed by atoms with Gasteiger partial charge in [-0.15, -0.1) is 11.8 Å². The average Bonchev–Trinajstić information content (AvgIpc) is 2.98. The van der Waals surface area contributed by atoms with Gasteiger partial charge in [-0.2, -0.15) is 4.31 Å². The van der Waals surface area contributed by atoms with Crippen molar-refractivity contribution in [2.24, 2.45) is 0 Å². The van der Waals surface area contributed by atoms with Crippen molar-refractivity contribution in [3.8, 4) is 5.75 Å². The van der Waals surface area contributed by atoms with Gasteiger partial charge < -0.3 is 18.7 Å². The lowest BCUT2D eigenvalue weighted by Crippen LogP contribution is -2.41. The second-order valence-corrected chi connectivity index (χ2v) is 16.3. The molecular weight excluding hydrogens is 612 g/mol. The van der Waals surface area contributed by atoms with Gasteiger partial charge in [0.2, 0.25) is 15.9 Å². The van der Waals surface area contributed by atoms with Gasteiger partial charge in [0, 0.05) is 37.8 Å². The van der Waals surface area contributed by atoms with E-state index in [0.29, 0.717) is 16.3 Å². The van der Waals surface area contributed by atoms with Crippen molar-refractivity contribution in [1.82, 2.24) is 4.31 Å². The Morgan fingerprint density at radius 1 is 1.07 bits per heavy atom. The lowest BCUT2D eigenvalue weighted by atomic mass is 10.1. The number of anilines is 2. The van der Waals surface area contributed by atoms with Crippen molar-refractivity contribution < 1.29 is 39.9 Å². The van der Waals surface area contributed by atoms with Crippen LogP contribution in [-0.4, -0.2) is 69.5 Å². The number of alkyl halides is 2. The lowest BCUT2D eigenvalue weighted by molar-refractivity contribution is 0.00679. The summed E-state index contributed by atoms with van der Waals surface area (Å²) in [6, 6.07) is 7.83. The number of sulfonamides is 1. The zero-order valence-electron chi connectivity index (χ0n) is 25.0. The van der Waals surface area contributed by atoms with E-state index in [-0.39, 0.29) is 43.4 Å². The highest BCUT2D eigenvalue weighted by atomic mass is 32.2. The summed E-state index contributed by atoms with van der Waals surface area (Å²) in [4.78, 5) is 2.21. The van der Waals surface area contributed by atoms with Gasteiger partial charge in [-0.25, -0.2) is 21.6 Å². The summed E-state index contributed by atoms with van der Waals surface area (Å²) in [6.45, 7) is 7.91. The third-order valence-corrected chi connectivity index (χ3v) is 12.6. The van der Waals surface area contributed by atoms with Crippen LogP contribution in [-0.2, 0) is 23.6 Å². The highest BCUT2D eigenvalue weighted by Crippen LogP contribution is 2.60. The number of thioether (sulfide) groups is 1. The van der Waals surface area contributed by atoms with Crippen molar-refractivity contribution in [3.05, 3.63) is 42.2 Å². The van der Waals surface area contributed by atoms with Crippen molar-refractivity contribution >= 4 is 40.8 Å². The fraction of sp³-hybridized carbons (Fsp3) is 0.571. The molecule has 1 aliphatic heterocycles. The Balaban J connectivity index is 2.13. The number of hydrogen-bond acceptors (Lipinski definition) is 8. The van der Waals surface area contributed by atoms with Gasteiger partial charge in [-0.05, 0) is 77.6 Å². The fourth-order valence-corrected chi connectivity index (χ4v) is 8.40. The lowest BCUT2D eigenvalue weighted by Gasteiger charge is -2.33. The smallest absolute Gasteiger partial charge is 0.339 e. The van der Waals surface area contributed by atoms with E-state index in [1.54, 1.807) is 44.9 Å². The summed E-state index contributed by atoms with van der Waals surface area (Å²) < 4.78 is 101. The number of halogens is 3. The van der Waals surface area contributed by atoms with Gasteiger partial charge in [0.05, 0.1) is 23.8 Å². The highest BCUT2D eigenvalue weighted by molar-refractivity contribution is 7.98. The molecule has 0 bridgehead atoms. The minimum absolute atomic E-state index is 0.0669. The largest absolute Gasteiger partial charge is 0.491 e. The number of fused-ring (bicyclic) bond motifs is 1. The number of likely N-dealkylation sites (N-methyl/N-ethyl adjacent to an activating group) is 1. The molecule has 3 rings (SSSR count). The maximum absolute atomic E-state index is 14.0. The molecule has 1 heterocycles. The molecule has 0 saturated carbocycles. The van der Waals surface area contributed by atoms with Crippen LogP contribution in [0.15, 0.2) is 46.2 Å². The van der Waals surface area contributed by atoms with Crippen LogP contribution in [0.2, 0.25) is 0 Å². The number of rotatable bonds is 13. The highest BCUT2D eigenvalue weighted by Gasteiger charge is 2.45. The first-order chi connectivity index (χ1) is 19.5. The van der Waals surface area contributed by atoms with E-state index in [1.165, 1.54) is 49.1 Å². The van der Waals surface area contributed by atoms with Crippen LogP contribution in [0.1, 0.15) is 47.5 Å². The molecule has 14 heteroatoms. The van der Waals surface area contributed by atoms with Gasteiger partial charge in [0.1, 0.15) is 28.2 Å². The van der Waals surface area contributed by atoms with Crippen LogP contribution in [0.3, 0.4) is 0 Å². The summed E-state index contributed by atoms with van der Waals surface area (Å²) >= 11 is 1.32. The Morgan fingerprint density at radius 2 is 1.67 bits per heavy atom. The molecule has 0 unspecified atom stereocenters. The first-order valence-electron chi connectivity index (χ1n) is 13.6. The third-order valence-electron chi connectivity index (χ3n) is 7.08. The van der Waals surface area contributed by atoms with Crippen molar-refractivity contribution in [3.63, 3.8) is 0 Å². The maximum atomic E-state index is 14.0. The number of hydrogen-bond donors (Lipinski definition) is 0. The monoisotopic (exact) mass is 652 g/mol. The van der Waals surface area contributed by atoms with Crippen LogP contribution < -0.4 is 9.64 Å². The average molecular weight is 653 g/mol. The standard InChI is InChI=1S/C28H40F3N2O6PS2/c1-8-38-40(34,39-9-2)27(3,4)19-37-24-17-26-23(16-25(24)41-7)33(21-12-10-20(29)11-13-21)18-22(14-15-28(5,30)31)32(6)42(26,35)36/h10-13,16-17,22H,8-9,14-15,18-19H2,1-7H3/t22-/m1/s1. The molecule has 42 heavy (non-hydrogen) atoms. The fourth-order valence-electron chi connectivity index (χ4n) is 4.61. The first-order valence-corrected chi connectivity index (χ1v) is 17.8. The number of benzene rings is 2. The van der Waals surface area contributed by atoms with E-state index in [2.05, 4.69) is 0 Å². The molecule has 0 fully saturated rings. The maximum Gasteiger partial charge on any atom is 0.339 e. The Morgan fingerprint density at radius 3 is 2.19 bits per heavy atom. The van der Waals surface area contributed by atoms with Crippen LogP contribution in [0.4, 0.5) is 24.5 Å². The van der Waals surface area contributed by atoms with Gasteiger partial charge in [-0.1, -0.05) is 0 Å². The van der Waals surface area contributed by atoms with Crippen LogP contribution >= 0.6 is 19.4 Å². The molecule has 0 amide bonds. The quantitative estimate of drug-likeness (QED) is 0.162. The second-order valence-electron chi connectivity index (χ2n) is 10.8. The normalized spacial score (nSPS) is 18.0. The summed E-state index contributed by atoms with van der Waals surface area (Å²) in [7, 11) is -6.41. The van der Waals surface area contributed by atoms with Crippen LogP contribution in [0, 0.1) is 5.82 Å². The van der Waals surface area contributed by atoms with Crippen LogP contribution in [0.5, 0.6) is 5.75 Å². The van der Waals surface area contributed by atoms with E-state index in [1.807, 2.05) is 0 Å². The number of nitrogens with zero attached hydrogens (tertiary/aromatic N) is 2. The minimum Gasteiger partial charge on any atom is -0.491 e. The third kappa shape index (κ3) is 7.65. The predicted octanol–water partition coefficient (Wildman–Crippen LogP) is 7.55. The topological polar surface area (TPSA) is 85.4 Å². The summed E-state index contributed by atoms with van der Waals surface area (Å²) in [5.74, 6) is -3.20. The molecule has 236 valence electrons. The van der Waals surface area contributed by atoms with Crippen molar-refractivity contribution in [2.75, 3.05) is 44.6 Å². The predicted molar refractivity (Wildman–Crippen MR) is 161 cm³/mol. The Hall–Kier alpha value is -1.76. The van der Waals surface area contributed by atoms with Crippen molar-refractivity contribution in [1.29, 1.82) is 0 Å². The molecule has 1 atom stereocenters. The van der Waals surface area contributed by atoms with Gasteiger partial charge in [0.25, 0.3) is 0 Å². The van der Waals surface area contributed by atoms with Gasteiger partial charge in [0.15, 0.2) is 0 Å². The Kier molecular flexibility index (Phi) is 11.1. The zero-order valence-corrected chi connectivity index (χ0v) is 27.6. The van der Waals surface area contributed by atoms with Gasteiger partial charge in [-0.3, -0.25) is 4.57 Å². The first kappa shape index (κ1) is 34.7. The van der Waals surface area contributed by atoms with Gasteiger partial charge >= 0.3 is 7.60 Å². The van der Waals surface area contributed by atoms with Crippen LogP contribution in [0.25, 0.3) is 0 Å². The Labute approximate surface area is 251 Å². The van der Waals surface area contributed by atoms with E-state index < -0.39 is 47.0 Å². The molecule has 0 saturated heterocycles. The molecule has 0 spiro atoms. The van der Waals surface area contributed by atoms with E-state index in [4.69, 9.17) is 13.8 Å². The number of ether oxygens (including phenoxy) is 1. The molecule has 8 nitrogen and oxygen atoms in total. The van der Waals surface area contributed by atoms with E-state index >= 15 is 0 Å². The summed E-state index contributed by atoms with van der Waals surface area (Å²) in [5.41, 5.74) is 0.817. The SMILES string of the molecule is CCOP(=O)(OCC)C(C)(C)COc1cc2c(cc1SC)N(c1ccc(F)cc1)C[C@@H](CCC(C)(F)F)N(C)S2(=O)=O. The zero-order chi connectivity index (χ0) is 31.5.